The van der Waals surface area contributed by atoms with Crippen LogP contribution in [0.2, 0.25) is 5.02 Å². The molecule has 1 aromatic carbocycles. The summed E-state index contributed by atoms with van der Waals surface area (Å²) in [7, 11) is 0. The lowest BCUT2D eigenvalue weighted by Crippen LogP contribution is -2.41. The molecule has 1 saturated heterocycles. The van der Waals surface area contributed by atoms with Gasteiger partial charge in [0.1, 0.15) is 0 Å². The van der Waals surface area contributed by atoms with Gasteiger partial charge in [0.05, 0.1) is 22.8 Å². The number of rotatable bonds is 3. The lowest BCUT2D eigenvalue weighted by atomic mass is 10.1. The summed E-state index contributed by atoms with van der Waals surface area (Å²) >= 11 is 6.06. The standard InChI is InChI=1S/C15H20ClNO2/c1-11(2)19-12-7-9-17(10-8-12)15(18)13-5-3-4-6-14(13)16/h3-6,11-12H,7-10H2,1-2H3. The maximum Gasteiger partial charge on any atom is 0.255 e. The minimum Gasteiger partial charge on any atom is -0.375 e. The van der Waals surface area contributed by atoms with Crippen LogP contribution in [0.15, 0.2) is 24.3 Å². The first kappa shape index (κ1) is 14.4. The van der Waals surface area contributed by atoms with E-state index >= 15 is 0 Å². The third kappa shape index (κ3) is 3.71. The molecule has 2 rings (SSSR count). The van der Waals surface area contributed by atoms with Crippen molar-refractivity contribution in [2.45, 2.75) is 38.9 Å². The van der Waals surface area contributed by atoms with Crippen LogP contribution in [-0.4, -0.2) is 36.1 Å². The summed E-state index contributed by atoms with van der Waals surface area (Å²) in [5.74, 6) is 0.0218. The molecular formula is C15H20ClNO2. The number of hydrogen-bond donors (Lipinski definition) is 0. The third-order valence-electron chi connectivity index (χ3n) is 3.30. The molecule has 0 N–H and O–H groups in total. The monoisotopic (exact) mass is 281 g/mol. The van der Waals surface area contributed by atoms with E-state index in [1.807, 2.05) is 30.9 Å². The number of likely N-dealkylation sites (tertiary alicyclic amines) is 1. The molecule has 1 aliphatic heterocycles. The second-order valence-corrected chi connectivity index (χ2v) is 5.56. The largest absolute Gasteiger partial charge is 0.375 e. The molecular weight excluding hydrogens is 262 g/mol. The number of carbonyl (C=O) groups is 1. The second-order valence-electron chi connectivity index (χ2n) is 5.16. The highest BCUT2D eigenvalue weighted by atomic mass is 35.5. The van der Waals surface area contributed by atoms with Gasteiger partial charge >= 0.3 is 0 Å². The predicted octanol–water partition coefficient (Wildman–Crippen LogP) is 3.37. The summed E-state index contributed by atoms with van der Waals surface area (Å²) in [6, 6.07) is 7.21. The van der Waals surface area contributed by atoms with E-state index in [2.05, 4.69) is 0 Å². The van der Waals surface area contributed by atoms with Crippen molar-refractivity contribution in [3.05, 3.63) is 34.9 Å². The molecule has 3 nitrogen and oxygen atoms in total. The Balaban J connectivity index is 1.95. The van der Waals surface area contributed by atoms with Gasteiger partial charge in [-0.25, -0.2) is 0 Å². The SMILES string of the molecule is CC(C)OC1CCN(C(=O)c2ccccc2Cl)CC1. The van der Waals surface area contributed by atoms with Crippen LogP contribution in [-0.2, 0) is 4.74 Å². The molecule has 0 radical (unpaired) electrons. The van der Waals surface area contributed by atoms with E-state index in [1.165, 1.54) is 0 Å². The number of ether oxygens (including phenoxy) is 1. The molecule has 1 amide bonds. The van der Waals surface area contributed by atoms with E-state index < -0.39 is 0 Å². The van der Waals surface area contributed by atoms with Crippen molar-refractivity contribution < 1.29 is 9.53 Å². The van der Waals surface area contributed by atoms with Crippen molar-refractivity contribution >= 4 is 17.5 Å². The average molecular weight is 282 g/mol. The van der Waals surface area contributed by atoms with Crippen LogP contribution in [0.25, 0.3) is 0 Å². The summed E-state index contributed by atoms with van der Waals surface area (Å²) < 4.78 is 5.78. The highest BCUT2D eigenvalue weighted by Crippen LogP contribution is 2.21. The van der Waals surface area contributed by atoms with Gasteiger partial charge in [-0.15, -0.1) is 0 Å². The van der Waals surface area contributed by atoms with Gasteiger partial charge in [-0.05, 0) is 38.8 Å². The smallest absolute Gasteiger partial charge is 0.255 e. The molecule has 0 bridgehead atoms. The molecule has 19 heavy (non-hydrogen) atoms. The summed E-state index contributed by atoms with van der Waals surface area (Å²) in [6.45, 7) is 5.56. The molecule has 1 aliphatic rings. The predicted molar refractivity (Wildman–Crippen MR) is 76.6 cm³/mol. The summed E-state index contributed by atoms with van der Waals surface area (Å²) in [5, 5.41) is 0.521. The fourth-order valence-electron chi connectivity index (χ4n) is 2.38. The van der Waals surface area contributed by atoms with Gasteiger partial charge in [0.25, 0.3) is 5.91 Å². The molecule has 4 heteroatoms. The number of amides is 1. The Morgan fingerprint density at radius 2 is 1.95 bits per heavy atom. The van der Waals surface area contributed by atoms with Crippen LogP contribution in [0.5, 0.6) is 0 Å². The van der Waals surface area contributed by atoms with Gasteiger partial charge in [0.2, 0.25) is 0 Å². The van der Waals surface area contributed by atoms with Crippen molar-refractivity contribution in [1.82, 2.24) is 4.90 Å². The van der Waals surface area contributed by atoms with Crippen molar-refractivity contribution in [2.24, 2.45) is 0 Å². The van der Waals surface area contributed by atoms with Crippen molar-refractivity contribution in [2.75, 3.05) is 13.1 Å². The van der Waals surface area contributed by atoms with Crippen molar-refractivity contribution in [3.63, 3.8) is 0 Å². The van der Waals surface area contributed by atoms with Crippen LogP contribution in [0.4, 0.5) is 0 Å². The zero-order valence-corrected chi connectivity index (χ0v) is 12.2. The van der Waals surface area contributed by atoms with Crippen LogP contribution in [0.1, 0.15) is 37.0 Å². The van der Waals surface area contributed by atoms with Crippen molar-refractivity contribution in [1.29, 1.82) is 0 Å². The van der Waals surface area contributed by atoms with E-state index in [-0.39, 0.29) is 18.1 Å². The number of piperidine rings is 1. The fourth-order valence-corrected chi connectivity index (χ4v) is 2.60. The molecule has 0 aliphatic carbocycles. The van der Waals surface area contributed by atoms with Crippen LogP contribution in [0, 0.1) is 0 Å². The highest BCUT2D eigenvalue weighted by Gasteiger charge is 2.25. The molecule has 1 fully saturated rings. The topological polar surface area (TPSA) is 29.5 Å². The van der Waals surface area contributed by atoms with Crippen molar-refractivity contribution in [3.8, 4) is 0 Å². The first-order valence-electron chi connectivity index (χ1n) is 6.77. The first-order chi connectivity index (χ1) is 9.08. The number of nitrogens with zero attached hydrogens (tertiary/aromatic N) is 1. The quantitative estimate of drug-likeness (QED) is 0.850. The number of carbonyl (C=O) groups excluding carboxylic acids is 1. The molecule has 0 aromatic heterocycles. The summed E-state index contributed by atoms with van der Waals surface area (Å²) in [4.78, 5) is 14.2. The second kappa shape index (κ2) is 6.40. The average Bonchev–Trinajstić information content (AvgIpc) is 2.39. The minimum absolute atomic E-state index is 0.0218. The van der Waals surface area contributed by atoms with E-state index in [1.54, 1.807) is 12.1 Å². The zero-order valence-electron chi connectivity index (χ0n) is 11.4. The van der Waals surface area contributed by atoms with Gasteiger partial charge in [0.15, 0.2) is 0 Å². The molecule has 1 heterocycles. The maximum absolute atomic E-state index is 12.4. The minimum atomic E-state index is 0.0218. The number of benzene rings is 1. The van der Waals surface area contributed by atoms with Gasteiger partial charge in [0, 0.05) is 13.1 Å². The van der Waals surface area contributed by atoms with E-state index in [0.29, 0.717) is 10.6 Å². The van der Waals surface area contributed by atoms with Gasteiger partial charge in [-0.1, -0.05) is 23.7 Å². The van der Waals surface area contributed by atoms with Gasteiger partial charge in [-0.3, -0.25) is 4.79 Å². The lowest BCUT2D eigenvalue weighted by molar-refractivity contribution is -0.0236. The van der Waals surface area contributed by atoms with Crippen LogP contribution in [0.3, 0.4) is 0 Å². The molecule has 0 spiro atoms. The Morgan fingerprint density at radius 3 is 2.53 bits per heavy atom. The Kier molecular flexibility index (Phi) is 4.83. The number of hydrogen-bond acceptors (Lipinski definition) is 2. The summed E-state index contributed by atoms with van der Waals surface area (Å²) in [5.41, 5.74) is 0.590. The van der Waals surface area contributed by atoms with E-state index in [0.717, 1.165) is 25.9 Å². The molecule has 0 atom stereocenters. The molecule has 0 unspecified atom stereocenters. The van der Waals surface area contributed by atoms with E-state index in [4.69, 9.17) is 16.3 Å². The Morgan fingerprint density at radius 1 is 1.32 bits per heavy atom. The Bertz CT molecular complexity index is 440. The first-order valence-corrected chi connectivity index (χ1v) is 7.15. The van der Waals surface area contributed by atoms with E-state index in [9.17, 15) is 4.79 Å². The van der Waals surface area contributed by atoms with Crippen LogP contribution < -0.4 is 0 Å². The lowest BCUT2D eigenvalue weighted by Gasteiger charge is -2.33. The van der Waals surface area contributed by atoms with Gasteiger partial charge < -0.3 is 9.64 Å². The maximum atomic E-state index is 12.4. The normalized spacial score (nSPS) is 16.9. The molecule has 1 aromatic rings. The Labute approximate surface area is 119 Å². The number of halogens is 1. The summed E-state index contributed by atoms with van der Waals surface area (Å²) in [6.07, 6.45) is 2.31. The third-order valence-corrected chi connectivity index (χ3v) is 3.63. The zero-order chi connectivity index (χ0) is 13.8. The fraction of sp³-hybridized carbons (Fsp3) is 0.533. The molecule has 0 saturated carbocycles. The Hall–Kier alpha value is -1.06. The molecule has 104 valence electrons. The highest BCUT2D eigenvalue weighted by molar-refractivity contribution is 6.33. The van der Waals surface area contributed by atoms with Crippen LogP contribution >= 0.6 is 11.6 Å². The van der Waals surface area contributed by atoms with Gasteiger partial charge in [-0.2, -0.15) is 0 Å².